The summed E-state index contributed by atoms with van der Waals surface area (Å²) in [5.74, 6) is 0.218. The third-order valence-corrected chi connectivity index (χ3v) is 1.31. The Labute approximate surface area is 67.9 Å². The van der Waals surface area contributed by atoms with Gasteiger partial charge in [0.25, 0.3) is 0 Å². The van der Waals surface area contributed by atoms with Crippen molar-refractivity contribution in [3.63, 3.8) is 0 Å². The fourth-order valence-electron chi connectivity index (χ4n) is 0.633. The lowest BCUT2D eigenvalue weighted by Gasteiger charge is -2.02. The molecule has 0 heterocycles. The van der Waals surface area contributed by atoms with E-state index in [0.717, 1.165) is 18.5 Å². The number of rotatable bonds is 5. The van der Waals surface area contributed by atoms with Gasteiger partial charge in [0.1, 0.15) is 5.76 Å². The first-order chi connectivity index (χ1) is 5.22. The zero-order valence-electron chi connectivity index (χ0n) is 6.93. The number of aliphatic hydroxyl groups excluding tert-OH is 1. The predicted molar refractivity (Wildman–Crippen MR) is 48.6 cm³/mol. The molecule has 0 amide bonds. The summed E-state index contributed by atoms with van der Waals surface area (Å²) >= 11 is 0. The number of hydrogen-bond donors (Lipinski definition) is 2. The van der Waals surface area contributed by atoms with Gasteiger partial charge in [-0.15, -0.1) is 0 Å². The number of hydrogen-bond acceptors (Lipinski definition) is 2. The molecule has 0 aliphatic carbocycles. The van der Waals surface area contributed by atoms with Crippen LogP contribution in [0.5, 0.6) is 0 Å². The first kappa shape index (κ1) is 9.98. The minimum Gasteiger partial charge on any atom is -0.508 e. The zero-order valence-corrected chi connectivity index (χ0v) is 6.93. The van der Waals surface area contributed by atoms with E-state index < -0.39 is 0 Å². The average molecular weight is 153 g/mol. The molecule has 0 unspecified atom stereocenters. The van der Waals surface area contributed by atoms with Crippen LogP contribution in [-0.2, 0) is 0 Å². The lowest BCUT2D eigenvalue weighted by molar-refractivity contribution is 0.419. The van der Waals surface area contributed by atoms with Crippen molar-refractivity contribution >= 4 is 0 Å². The van der Waals surface area contributed by atoms with Crippen molar-refractivity contribution < 1.29 is 5.11 Å². The largest absolute Gasteiger partial charge is 0.508 e. The van der Waals surface area contributed by atoms with Crippen molar-refractivity contribution in [2.75, 3.05) is 13.6 Å². The first-order valence-electron chi connectivity index (χ1n) is 3.56. The zero-order chi connectivity index (χ0) is 8.69. The second-order valence-corrected chi connectivity index (χ2v) is 2.24. The Bertz CT molecular complexity index is 170. The van der Waals surface area contributed by atoms with E-state index in [1.165, 1.54) is 6.08 Å². The summed E-state index contributed by atoms with van der Waals surface area (Å²) in [5.41, 5.74) is 0.735. The normalized spacial score (nSPS) is 11.2. The first-order valence-corrected chi connectivity index (χ1v) is 3.56. The molecule has 0 fully saturated rings. The van der Waals surface area contributed by atoms with Gasteiger partial charge in [0.15, 0.2) is 0 Å². The highest BCUT2D eigenvalue weighted by atomic mass is 16.3. The van der Waals surface area contributed by atoms with Gasteiger partial charge in [0.05, 0.1) is 0 Å². The van der Waals surface area contributed by atoms with E-state index in [1.54, 1.807) is 6.08 Å². The third kappa shape index (κ3) is 4.39. The van der Waals surface area contributed by atoms with Crippen LogP contribution >= 0.6 is 0 Å². The molecule has 0 aromatic heterocycles. The number of aliphatic hydroxyl groups is 1. The van der Waals surface area contributed by atoms with Gasteiger partial charge < -0.3 is 10.4 Å². The van der Waals surface area contributed by atoms with E-state index in [-0.39, 0.29) is 5.76 Å². The van der Waals surface area contributed by atoms with Gasteiger partial charge >= 0.3 is 0 Å². The molecule has 0 bridgehead atoms. The van der Waals surface area contributed by atoms with Crippen LogP contribution in [0.4, 0.5) is 0 Å². The van der Waals surface area contributed by atoms with Crippen LogP contribution in [0.15, 0.2) is 36.6 Å². The molecule has 0 aromatic rings. The van der Waals surface area contributed by atoms with Gasteiger partial charge in [-0.1, -0.05) is 19.2 Å². The summed E-state index contributed by atoms with van der Waals surface area (Å²) in [7, 11) is 1.86. The van der Waals surface area contributed by atoms with Crippen molar-refractivity contribution in [1.82, 2.24) is 5.32 Å². The van der Waals surface area contributed by atoms with E-state index in [0.29, 0.717) is 0 Å². The van der Waals surface area contributed by atoms with Crippen molar-refractivity contribution in [1.29, 1.82) is 0 Å². The van der Waals surface area contributed by atoms with E-state index in [1.807, 2.05) is 7.05 Å². The molecule has 0 rings (SSSR count). The molecule has 2 N–H and O–H groups in total. The second-order valence-electron chi connectivity index (χ2n) is 2.24. The molecule has 62 valence electrons. The topological polar surface area (TPSA) is 32.3 Å². The molecule has 0 aromatic carbocycles. The van der Waals surface area contributed by atoms with Crippen LogP contribution < -0.4 is 5.32 Å². The number of allylic oxidation sites excluding steroid dienone is 3. The highest BCUT2D eigenvalue weighted by molar-refractivity contribution is 5.24. The average Bonchev–Trinajstić information content (AvgIpc) is 2.00. The molecule has 2 nitrogen and oxygen atoms in total. The van der Waals surface area contributed by atoms with Crippen LogP contribution in [0.2, 0.25) is 0 Å². The highest BCUT2D eigenvalue weighted by Gasteiger charge is 1.96. The Morgan fingerprint density at radius 2 is 2.27 bits per heavy atom. The van der Waals surface area contributed by atoms with Crippen molar-refractivity contribution in [3.8, 4) is 0 Å². The molecular weight excluding hydrogens is 138 g/mol. The molecule has 0 radical (unpaired) electrons. The Hall–Kier alpha value is -1.02. The molecule has 0 aliphatic heterocycles. The molecule has 0 aliphatic rings. The number of nitrogens with one attached hydrogen (secondary N) is 1. The minimum absolute atomic E-state index is 0.218. The summed E-state index contributed by atoms with van der Waals surface area (Å²) in [5, 5.41) is 12.2. The Morgan fingerprint density at radius 3 is 2.73 bits per heavy atom. The standard InChI is InChI=1S/C9H15NO/c1-4-5-9(11)8(2)6-7-10-3/h4-5,10-11H,1-2,6-7H2,3H3/b9-5+. The maximum Gasteiger partial charge on any atom is 0.118 e. The molecule has 0 spiro atoms. The molecule has 11 heavy (non-hydrogen) atoms. The molecule has 0 saturated carbocycles. The summed E-state index contributed by atoms with van der Waals surface area (Å²) in [4.78, 5) is 0. The van der Waals surface area contributed by atoms with Crippen molar-refractivity contribution in [2.45, 2.75) is 6.42 Å². The SMILES string of the molecule is C=C/C=C(/O)C(=C)CCNC. The van der Waals surface area contributed by atoms with E-state index in [2.05, 4.69) is 18.5 Å². The maximum atomic E-state index is 9.21. The second kappa shape index (κ2) is 5.74. The fraction of sp³-hybridized carbons (Fsp3) is 0.333. The lowest BCUT2D eigenvalue weighted by atomic mass is 10.1. The van der Waals surface area contributed by atoms with Crippen LogP contribution in [0.3, 0.4) is 0 Å². The summed E-state index contributed by atoms with van der Waals surface area (Å²) in [6, 6.07) is 0. The molecular formula is C9H15NO. The smallest absolute Gasteiger partial charge is 0.118 e. The maximum absolute atomic E-state index is 9.21. The van der Waals surface area contributed by atoms with Crippen LogP contribution in [0.1, 0.15) is 6.42 Å². The van der Waals surface area contributed by atoms with Gasteiger partial charge in [-0.3, -0.25) is 0 Å². The molecule has 0 atom stereocenters. The van der Waals surface area contributed by atoms with Crippen LogP contribution in [0.25, 0.3) is 0 Å². The quantitative estimate of drug-likeness (QED) is 0.466. The Morgan fingerprint density at radius 1 is 1.64 bits per heavy atom. The Kier molecular flexibility index (Phi) is 5.21. The van der Waals surface area contributed by atoms with E-state index in [9.17, 15) is 5.11 Å². The summed E-state index contributed by atoms with van der Waals surface area (Å²) < 4.78 is 0. The monoisotopic (exact) mass is 153 g/mol. The van der Waals surface area contributed by atoms with Gasteiger partial charge in [-0.05, 0) is 31.7 Å². The minimum atomic E-state index is 0.218. The van der Waals surface area contributed by atoms with Crippen LogP contribution in [0, 0.1) is 0 Å². The predicted octanol–water partition coefficient (Wildman–Crippen LogP) is 1.78. The fourth-order valence-corrected chi connectivity index (χ4v) is 0.633. The lowest BCUT2D eigenvalue weighted by Crippen LogP contribution is -2.08. The highest BCUT2D eigenvalue weighted by Crippen LogP contribution is 2.07. The van der Waals surface area contributed by atoms with Crippen molar-refractivity contribution in [2.24, 2.45) is 0 Å². The van der Waals surface area contributed by atoms with Gasteiger partial charge in [-0.25, -0.2) is 0 Å². The van der Waals surface area contributed by atoms with Gasteiger partial charge in [0.2, 0.25) is 0 Å². The molecule has 0 saturated heterocycles. The molecule has 2 heteroatoms. The Balaban J connectivity index is 3.82. The van der Waals surface area contributed by atoms with Gasteiger partial charge in [-0.2, -0.15) is 0 Å². The van der Waals surface area contributed by atoms with Gasteiger partial charge in [0, 0.05) is 0 Å². The third-order valence-electron chi connectivity index (χ3n) is 1.31. The van der Waals surface area contributed by atoms with Crippen molar-refractivity contribution in [3.05, 3.63) is 36.6 Å². The van der Waals surface area contributed by atoms with Crippen LogP contribution in [-0.4, -0.2) is 18.7 Å². The van der Waals surface area contributed by atoms with E-state index in [4.69, 9.17) is 0 Å². The summed E-state index contributed by atoms with van der Waals surface area (Å²) in [6.45, 7) is 8.00. The van der Waals surface area contributed by atoms with E-state index >= 15 is 0 Å². The summed E-state index contributed by atoms with van der Waals surface area (Å²) in [6.07, 6.45) is 3.84.